The molecule has 1 aromatic carbocycles. The van der Waals surface area contributed by atoms with E-state index in [1.807, 2.05) is 17.8 Å². The molecule has 0 aliphatic heterocycles. The van der Waals surface area contributed by atoms with Crippen LogP contribution in [-0.2, 0) is 19.9 Å². The van der Waals surface area contributed by atoms with Gasteiger partial charge >= 0.3 is 0 Å². The second-order valence-corrected chi connectivity index (χ2v) is 7.09. The quantitative estimate of drug-likeness (QED) is 0.349. The van der Waals surface area contributed by atoms with E-state index in [2.05, 4.69) is 60.6 Å². The lowest BCUT2D eigenvalue weighted by Gasteiger charge is -2.18. The highest BCUT2D eigenvalue weighted by Gasteiger charge is 2.14. The number of benzene rings is 1. The molecule has 1 heterocycles. The summed E-state index contributed by atoms with van der Waals surface area (Å²) in [6.07, 6.45) is 1.79. The molecule has 0 aliphatic rings. The van der Waals surface area contributed by atoms with Crippen LogP contribution in [0.15, 0.2) is 23.2 Å². The Morgan fingerprint density at radius 1 is 1.29 bits per heavy atom. The van der Waals surface area contributed by atoms with E-state index in [1.165, 1.54) is 22.4 Å². The zero-order valence-corrected chi connectivity index (χ0v) is 20.4. The number of nitrogens with one attached hydrogen (secondary N) is 2. The van der Waals surface area contributed by atoms with Gasteiger partial charge in [0, 0.05) is 32.4 Å². The third-order valence-electron chi connectivity index (χ3n) is 4.90. The van der Waals surface area contributed by atoms with Crippen molar-refractivity contribution in [2.45, 2.75) is 46.6 Å². The summed E-state index contributed by atoms with van der Waals surface area (Å²) < 4.78 is 7.40. The molecular weight excluding hydrogens is 465 g/mol. The number of aryl methyl sites for hydroxylation is 3. The molecule has 28 heavy (non-hydrogen) atoms. The molecule has 2 rings (SSSR count). The number of nitrogens with zero attached hydrogens (tertiary/aromatic N) is 3. The van der Waals surface area contributed by atoms with E-state index >= 15 is 0 Å². The lowest BCUT2D eigenvalue weighted by molar-refractivity contribution is 0.409. The van der Waals surface area contributed by atoms with Crippen molar-refractivity contribution >= 4 is 29.9 Å². The van der Waals surface area contributed by atoms with Crippen LogP contribution in [0.4, 0.5) is 0 Å². The Hall–Kier alpha value is -1.77. The van der Waals surface area contributed by atoms with Gasteiger partial charge in [-0.05, 0) is 57.7 Å². The van der Waals surface area contributed by atoms with Crippen molar-refractivity contribution in [1.29, 1.82) is 0 Å². The minimum atomic E-state index is 0. The van der Waals surface area contributed by atoms with Gasteiger partial charge in [0.15, 0.2) is 5.96 Å². The smallest absolute Gasteiger partial charge is 0.191 e. The van der Waals surface area contributed by atoms with E-state index in [0.29, 0.717) is 0 Å². The Kier molecular flexibility index (Phi) is 9.78. The minimum absolute atomic E-state index is 0. The molecule has 0 saturated carbocycles. The number of aromatic nitrogens is 2. The van der Waals surface area contributed by atoms with Gasteiger partial charge in [-0.25, -0.2) is 0 Å². The standard InChI is InChI=1S/C21H33N5O.HI/c1-14-8-9-20(27-7)18(12-14)10-11-23-21(22-5)24-15(2)13-19-16(3)25-26(6)17(19)4;/h8-9,12,15H,10-11,13H2,1-7H3,(H2,22,23,24);1H. The van der Waals surface area contributed by atoms with Crippen molar-refractivity contribution in [3.63, 3.8) is 0 Å². The molecule has 0 fully saturated rings. The molecule has 2 aromatic rings. The first kappa shape index (κ1) is 24.3. The topological polar surface area (TPSA) is 63.5 Å². The van der Waals surface area contributed by atoms with Crippen molar-refractivity contribution in [3.8, 4) is 5.75 Å². The minimum Gasteiger partial charge on any atom is -0.496 e. The highest BCUT2D eigenvalue weighted by Crippen LogP contribution is 2.19. The van der Waals surface area contributed by atoms with E-state index in [-0.39, 0.29) is 30.0 Å². The molecule has 0 spiro atoms. The second kappa shape index (κ2) is 11.3. The first-order valence-corrected chi connectivity index (χ1v) is 9.45. The molecule has 0 radical (unpaired) electrons. The van der Waals surface area contributed by atoms with Gasteiger partial charge in [-0.3, -0.25) is 9.67 Å². The molecule has 1 aromatic heterocycles. The third-order valence-corrected chi connectivity index (χ3v) is 4.90. The molecule has 156 valence electrons. The number of hydrogen-bond acceptors (Lipinski definition) is 3. The SMILES string of the molecule is CN=C(NCCc1cc(C)ccc1OC)NC(C)Cc1c(C)nn(C)c1C.I. The zero-order valence-electron chi connectivity index (χ0n) is 18.1. The van der Waals surface area contributed by atoms with Crippen LogP contribution in [0, 0.1) is 20.8 Å². The van der Waals surface area contributed by atoms with Crippen LogP contribution in [0.5, 0.6) is 5.75 Å². The summed E-state index contributed by atoms with van der Waals surface area (Å²) in [6.45, 7) is 9.24. The van der Waals surface area contributed by atoms with Crippen molar-refractivity contribution in [2.75, 3.05) is 20.7 Å². The predicted molar refractivity (Wildman–Crippen MR) is 127 cm³/mol. The Morgan fingerprint density at radius 2 is 2.00 bits per heavy atom. The van der Waals surface area contributed by atoms with Crippen LogP contribution < -0.4 is 15.4 Å². The summed E-state index contributed by atoms with van der Waals surface area (Å²) in [6, 6.07) is 6.53. The van der Waals surface area contributed by atoms with E-state index in [1.54, 1.807) is 14.2 Å². The molecule has 6 nitrogen and oxygen atoms in total. The fourth-order valence-corrected chi connectivity index (χ4v) is 3.32. The molecule has 1 unspecified atom stereocenters. The van der Waals surface area contributed by atoms with Gasteiger partial charge in [-0.15, -0.1) is 24.0 Å². The van der Waals surface area contributed by atoms with Gasteiger partial charge in [0.2, 0.25) is 0 Å². The maximum atomic E-state index is 5.46. The van der Waals surface area contributed by atoms with Crippen molar-refractivity contribution < 1.29 is 4.74 Å². The molecule has 7 heteroatoms. The van der Waals surface area contributed by atoms with Crippen LogP contribution in [0.3, 0.4) is 0 Å². The van der Waals surface area contributed by atoms with Crippen LogP contribution in [0.25, 0.3) is 0 Å². The first-order chi connectivity index (χ1) is 12.8. The number of guanidine groups is 1. The summed E-state index contributed by atoms with van der Waals surface area (Å²) in [5, 5.41) is 11.4. The Morgan fingerprint density at radius 3 is 2.57 bits per heavy atom. The fraction of sp³-hybridized carbons (Fsp3) is 0.524. The highest BCUT2D eigenvalue weighted by atomic mass is 127. The van der Waals surface area contributed by atoms with Crippen molar-refractivity contribution in [2.24, 2.45) is 12.0 Å². The zero-order chi connectivity index (χ0) is 20.0. The lowest BCUT2D eigenvalue weighted by atomic mass is 10.1. The van der Waals surface area contributed by atoms with Gasteiger partial charge in [-0.2, -0.15) is 5.10 Å². The number of ether oxygens (including phenoxy) is 1. The van der Waals surface area contributed by atoms with Gasteiger partial charge in [0.1, 0.15) is 5.75 Å². The van der Waals surface area contributed by atoms with Gasteiger partial charge in [-0.1, -0.05) is 17.7 Å². The number of methoxy groups -OCH3 is 1. The van der Waals surface area contributed by atoms with Crippen LogP contribution >= 0.6 is 24.0 Å². The number of halogens is 1. The Labute approximate surface area is 186 Å². The molecule has 0 aliphatic carbocycles. The molecule has 0 amide bonds. The van der Waals surface area contributed by atoms with E-state index in [4.69, 9.17) is 4.74 Å². The van der Waals surface area contributed by atoms with E-state index < -0.39 is 0 Å². The summed E-state index contributed by atoms with van der Waals surface area (Å²) >= 11 is 0. The van der Waals surface area contributed by atoms with Crippen molar-refractivity contribution in [1.82, 2.24) is 20.4 Å². The first-order valence-electron chi connectivity index (χ1n) is 9.45. The summed E-state index contributed by atoms with van der Waals surface area (Å²) in [4.78, 5) is 4.35. The molecular formula is C21H34IN5O. The van der Waals surface area contributed by atoms with Crippen LogP contribution in [0.2, 0.25) is 0 Å². The van der Waals surface area contributed by atoms with Crippen molar-refractivity contribution in [3.05, 3.63) is 46.3 Å². The number of rotatable bonds is 7. The lowest BCUT2D eigenvalue weighted by Crippen LogP contribution is -2.43. The summed E-state index contributed by atoms with van der Waals surface area (Å²) in [7, 11) is 5.51. The maximum Gasteiger partial charge on any atom is 0.191 e. The Bertz CT molecular complexity index is 800. The third kappa shape index (κ3) is 6.39. The van der Waals surface area contributed by atoms with Gasteiger partial charge in [0.05, 0.1) is 12.8 Å². The highest BCUT2D eigenvalue weighted by molar-refractivity contribution is 14.0. The predicted octanol–water partition coefficient (Wildman–Crippen LogP) is 3.31. The Balaban J connectivity index is 0.00000392. The molecule has 2 N–H and O–H groups in total. The van der Waals surface area contributed by atoms with Gasteiger partial charge in [0.25, 0.3) is 0 Å². The monoisotopic (exact) mass is 499 g/mol. The maximum absolute atomic E-state index is 5.46. The number of hydrogen-bond donors (Lipinski definition) is 2. The van der Waals surface area contributed by atoms with Gasteiger partial charge < -0.3 is 15.4 Å². The van der Waals surface area contributed by atoms with Crippen LogP contribution in [-0.4, -0.2) is 42.5 Å². The second-order valence-electron chi connectivity index (χ2n) is 7.09. The fourth-order valence-electron chi connectivity index (χ4n) is 3.32. The number of aliphatic imine (C=N–C) groups is 1. The molecule has 0 bridgehead atoms. The normalized spacial score (nSPS) is 12.3. The average Bonchev–Trinajstić information content (AvgIpc) is 2.87. The molecule has 1 atom stereocenters. The largest absolute Gasteiger partial charge is 0.496 e. The molecule has 0 saturated heterocycles. The summed E-state index contributed by atoms with van der Waals surface area (Å²) in [5.41, 5.74) is 6.06. The average molecular weight is 499 g/mol. The summed E-state index contributed by atoms with van der Waals surface area (Å²) in [5.74, 6) is 1.74. The van der Waals surface area contributed by atoms with E-state index in [0.717, 1.165) is 36.8 Å². The van der Waals surface area contributed by atoms with E-state index in [9.17, 15) is 0 Å². The van der Waals surface area contributed by atoms with Crippen LogP contribution in [0.1, 0.15) is 35.0 Å².